The maximum absolute atomic E-state index is 13.5. The second kappa shape index (κ2) is 50.7. The lowest BCUT2D eigenvalue weighted by atomic mass is 10.1. The van der Waals surface area contributed by atoms with Gasteiger partial charge in [0.2, 0.25) is 5.91 Å². The van der Waals surface area contributed by atoms with Crippen molar-refractivity contribution >= 4 is 19.7 Å². The van der Waals surface area contributed by atoms with Gasteiger partial charge in [0.1, 0.15) is 19.3 Å². The van der Waals surface area contributed by atoms with Gasteiger partial charge in [0.05, 0.1) is 33.8 Å². The molecule has 3 unspecified atom stereocenters. The number of carbonyl (C=O) groups excluding carboxylic acids is 2. The second-order valence-corrected chi connectivity index (χ2v) is 21.9. The highest BCUT2D eigenvalue weighted by molar-refractivity contribution is 7.45. The highest BCUT2D eigenvalue weighted by atomic mass is 31.2. The number of hydrogen-bond acceptors (Lipinski definition) is 7. The minimum absolute atomic E-state index is 0.0337. The van der Waals surface area contributed by atoms with Crippen LogP contribution in [0.25, 0.3) is 0 Å². The zero-order chi connectivity index (χ0) is 52.2. The van der Waals surface area contributed by atoms with Crippen molar-refractivity contribution in [3.8, 4) is 0 Å². The number of rotatable bonds is 51. The highest BCUT2D eigenvalue weighted by Crippen LogP contribution is 2.38. The summed E-state index contributed by atoms with van der Waals surface area (Å²) in [7, 11) is 1.15. The van der Waals surface area contributed by atoms with Crippen LogP contribution in [-0.4, -0.2) is 69.4 Å². The summed E-state index contributed by atoms with van der Waals surface area (Å²) in [5.74, 6) is -0.595. The van der Waals surface area contributed by atoms with Gasteiger partial charge in [0.15, 0.2) is 0 Å². The molecule has 0 radical (unpaired) electrons. The summed E-state index contributed by atoms with van der Waals surface area (Å²) in [6.45, 7) is 6.73. The van der Waals surface area contributed by atoms with Crippen molar-refractivity contribution in [1.29, 1.82) is 0 Å². The zero-order valence-electron chi connectivity index (χ0n) is 46.7. The molecule has 0 rings (SSSR count). The Kier molecular flexibility index (Phi) is 48.7. The van der Waals surface area contributed by atoms with E-state index in [0.29, 0.717) is 23.9 Å². The van der Waals surface area contributed by atoms with Crippen LogP contribution >= 0.6 is 7.82 Å². The topological polar surface area (TPSA) is 114 Å². The largest absolute Gasteiger partial charge is 0.756 e. The molecule has 0 spiro atoms. The number of phosphoric acid groups is 1. The molecule has 410 valence electrons. The summed E-state index contributed by atoms with van der Waals surface area (Å²) in [6, 6.07) is -0.910. The van der Waals surface area contributed by atoms with E-state index in [4.69, 9.17) is 13.8 Å². The molecule has 0 aliphatic carbocycles. The van der Waals surface area contributed by atoms with E-state index in [0.717, 1.165) is 109 Å². The highest BCUT2D eigenvalue weighted by Gasteiger charge is 2.27. The Morgan fingerprint density at radius 3 is 1.41 bits per heavy atom. The number of carbonyl (C=O) groups is 2. The van der Waals surface area contributed by atoms with Crippen molar-refractivity contribution in [2.45, 2.75) is 251 Å². The van der Waals surface area contributed by atoms with Crippen LogP contribution < -0.4 is 10.2 Å². The molecule has 0 saturated carbocycles. The van der Waals surface area contributed by atoms with Crippen LogP contribution in [0.4, 0.5) is 0 Å². The van der Waals surface area contributed by atoms with Crippen molar-refractivity contribution in [3.63, 3.8) is 0 Å². The van der Waals surface area contributed by atoms with Gasteiger partial charge in [-0.3, -0.25) is 14.2 Å². The molecule has 0 aliphatic heterocycles. The zero-order valence-corrected chi connectivity index (χ0v) is 47.5. The van der Waals surface area contributed by atoms with Gasteiger partial charge in [0, 0.05) is 12.8 Å². The average molecular weight is 1010 g/mol. The van der Waals surface area contributed by atoms with Gasteiger partial charge >= 0.3 is 5.97 Å². The van der Waals surface area contributed by atoms with Gasteiger partial charge in [-0.2, -0.15) is 0 Å². The predicted molar refractivity (Wildman–Crippen MR) is 302 cm³/mol. The molecule has 10 heteroatoms. The molecule has 71 heavy (non-hydrogen) atoms. The summed E-state index contributed by atoms with van der Waals surface area (Å²) < 4.78 is 30.2. The first-order valence-electron chi connectivity index (χ1n) is 28.9. The molecular formula is C61H109N2O7P. The van der Waals surface area contributed by atoms with Crippen molar-refractivity contribution in [2.75, 3.05) is 40.9 Å². The number of likely N-dealkylation sites (N-methyl/N-ethyl adjacent to an activating group) is 1. The van der Waals surface area contributed by atoms with Crippen LogP contribution in [0.3, 0.4) is 0 Å². The number of amides is 1. The van der Waals surface area contributed by atoms with E-state index in [-0.39, 0.29) is 24.9 Å². The van der Waals surface area contributed by atoms with Crippen LogP contribution in [-0.2, 0) is 27.9 Å². The summed E-state index contributed by atoms with van der Waals surface area (Å²) in [6.07, 6.45) is 65.4. The van der Waals surface area contributed by atoms with Crippen LogP contribution in [0, 0.1) is 0 Å². The molecule has 0 bridgehead atoms. The Bertz CT molecular complexity index is 1490. The lowest BCUT2D eigenvalue weighted by molar-refractivity contribution is -0.870. The minimum Gasteiger partial charge on any atom is -0.756 e. The molecule has 0 aliphatic rings. The van der Waals surface area contributed by atoms with Crippen molar-refractivity contribution in [1.82, 2.24) is 5.32 Å². The SMILES string of the molecule is CCCCC/C=C\C/C=C\C/C=C\C/C=C\CCCCCC(=O)OC(/C=C/CCCCCCCCCCC)C(COP(=O)([O-])OCC[N+](C)(C)C)NC(=O)CCCCCCCC/C=C/C=C/CCCCC. The Labute approximate surface area is 437 Å². The van der Waals surface area contributed by atoms with E-state index in [1.54, 1.807) is 0 Å². The minimum atomic E-state index is -4.71. The number of unbranched alkanes of at least 4 members (excludes halogenated alkanes) is 24. The number of ether oxygens (including phenoxy) is 1. The monoisotopic (exact) mass is 1010 g/mol. The third-order valence-corrected chi connectivity index (χ3v) is 13.3. The summed E-state index contributed by atoms with van der Waals surface area (Å²) in [4.78, 5) is 39.8. The molecule has 0 aromatic heterocycles. The van der Waals surface area contributed by atoms with Crippen molar-refractivity contribution < 1.29 is 37.3 Å². The number of phosphoric ester groups is 1. The molecule has 3 atom stereocenters. The average Bonchev–Trinajstić information content (AvgIpc) is 3.33. The summed E-state index contributed by atoms with van der Waals surface area (Å²) in [5.41, 5.74) is 0. The first-order valence-corrected chi connectivity index (χ1v) is 30.4. The molecule has 0 saturated heterocycles. The van der Waals surface area contributed by atoms with E-state index >= 15 is 0 Å². The molecule has 0 aromatic rings. The molecule has 0 fully saturated rings. The van der Waals surface area contributed by atoms with E-state index in [1.807, 2.05) is 33.3 Å². The Morgan fingerprint density at radius 2 is 0.901 bits per heavy atom. The van der Waals surface area contributed by atoms with E-state index in [1.165, 1.54) is 89.9 Å². The van der Waals surface area contributed by atoms with Crippen molar-refractivity contribution in [2.24, 2.45) is 0 Å². The van der Waals surface area contributed by atoms with Crippen LogP contribution in [0.2, 0.25) is 0 Å². The molecular weight excluding hydrogens is 904 g/mol. The Morgan fingerprint density at radius 1 is 0.507 bits per heavy atom. The quantitative estimate of drug-likeness (QED) is 0.0161. The fraction of sp³-hybridized carbons (Fsp3) is 0.738. The van der Waals surface area contributed by atoms with Crippen molar-refractivity contribution in [3.05, 3.63) is 85.1 Å². The standard InChI is InChI=1S/C61H109N2O7P/c1-7-10-13-16-19-22-25-27-29-30-31-32-34-36-39-42-45-48-51-54-61(65)70-59(52-49-46-43-40-37-24-21-18-15-12-9-3)58(57-69-71(66,67)68-56-55-63(4,5)6)62-60(64)53-50-47-44-41-38-35-33-28-26-23-20-17-14-11-8-2/h19-20,22-23,26-29,31-32,36,39,49,52,58-59H,7-18,21,24-25,30,33-35,37-38,40-48,50-51,53-57H2,1-6H3,(H-,62,64,66,67)/b22-19-,23-20+,28-26+,29-27-,32-31-,39-36-,52-49+. The fourth-order valence-corrected chi connectivity index (χ4v) is 8.51. The number of allylic oxidation sites excluding steroid dienone is 13. The summed E-state index contributed by atoms with van der Waals surface area (Å²) in [5, 5.41) is 3.00. The maximum atomic E-state index is 13.5. The summed E-state index contributed by atoms with van der Waals surface area (Å²) >= 11 is 0. The van der Waals surface area contributed by atoms with Gasteiger partial charge in [0.25, 0.3) is 7.82 Å². The fourth-order valence-electron chi connectivity index (χ4n) is 7.79. The lowest BCUT2D eigenvalue weighted by Crippen LogP contribution is -2.47. The Hall–Kier alpha value is -2.81. The number of esters is 1. The molecule has 0 aromatic carbocycles. The second-order valence-electron chi connectivity index (χ2n) is 20.5. The van der Waals surface area contributed by atoms with Crippen LogP contribution in [0.15, 0.2) is 85.1 Å². The predicted octanol–water partition coefficient (Wildman–Crippen LogP) is 16.8. The molecule has 9 nitrogen and oxygen atoms in total. The molecule has 1 N–H and O–H groups in total. The van der Waals surface area contributed by atoms with Gasteiger partial charge in [-0.1, -0.05) is 209 Å². The first kappa shape index (κ1) is 68.2. The number of quaternary nitrogens is 1. The van der Waals surface area contributed by atoms with Crippen LogP contribution in [0.1, 0.15) is 239 Å². The number of hydrogen-bond donors (Lipinski definition) is 1. The van der Waals surface area contributed by atoms with Gasteiger partial charge in [-0.25, -0.2) is 0 Å². The molecule has 1 amide bonds. The Balaban J connectivity index is 5.39. The number of nitrogens with one attached hydrogen (secondary N) is 1. The smallest absolute Gasteiger partial charge is 0.306 e. The third kappa shape index (κ3) is 51.9. The third-order valence-electron chi connectivity index (χ3n) is 12.3. The maximum Gasteiger partial charge on any atom is 0.306 e. The van der Waals surface area contributed by atoms with Gasteiger partial charge in [-0.05, 0) is 102 Å². The number of nitrogens with zero attached hydrogens (tertiary/aromatic N) is 1. The van der Waals surface area contributed by atoms with Gasteiger partial charge in [-0.15, -0.1) is 0 Å². The normalized spacial score (nSPS) is 14.4. The van der Waals surface area contributed by atoms with E-state index < -0.39 is 26.6 Å². The van der Waals surface area contributed by atoms with Gasteiger partial charge < -0.3 is 28.5 Å². The van der Waals surface area contributed by atoms with Crippen LogP contribution in [0.5, 0.6) is 0 Å². The van der Waals surface area contributed by atoms with E-state index in [9.17, 15) is 19.0 Å². The lowest BCUT2D eigenvalue weighted by Gasteiger charge is -2.30. The first-order chi connectivity index (χ1) is 34.4. The van der Waals surface area contributed by atoms with E-state index in [2.05, 4.69) is 99.0 Å². The molecule has 0 heterocycles.